The summed E-state index contributed by atoms with van der Waals surface area (Å²) < 4.78 is 23.8. The Morgan fingerprint density at radius 1 is 0.917 bits per heavy atom. The SMILES string of the molecule is Cc1c(COc2cc(OCc3cccc(C#N)n3)c(CNC[C@H](O)C[C@H](O)[C@H](O)CO)cc2Cl)cccc1-c1ccc2c(c1)OCCO2. The van der Waals surface area contributed by atoms with E-state index >= 15 is 0 Å². The molecular weight excluding hydrogens is 638 g/mol. The maximum atomic E-state index is 10.3. The third kappa shape index (κ3) is 8.93. The predicted molar refractivity (Wildman–Crippen MR) is 178 cm³/mol. The highest BCUT2D eigenvalue weighted by atomic mass is 35.5. The monoisotopic (exact) mass is 675 g/mol. The van der Waals surface area contributed by atoms with Gasteiger partial charge in [0.05, 0.1) is 29.5 Å². The topological polar surface area (TPSA) is 167 Å². The molecule has 252 valence electrons. The van der Waals surface area contributed by atoms with Crippen LogP contribution in [-0.4, -0.2) is 70.1 Å². The number of ether oxygens (including phenoxy) is 4. The second-order valence-corrected chi connectivity index (χ2v) is 11.8. The van der Waals surface area contributed by atoms with Gasteiger partial charge < -0.3 is 44.7 Å². The standard InChI is InChI=1S/C36H38ClN3O8/c1-22-24(4-2-7-29(22)23-8-9-33-36(13-23)46-11-10-45-33)20-47-35-15-34(48-21-27-6-3-5-26(16-38)40-27)25(12-30(35)37)17-39-18-28(42)14-31(43)32(44)19-41/h2-9,12-13,15,28,31-32,39,41-44H,10-11,14,17-21H2,1H3/t28-,31+,32-/m1/s1. The van der Waals surface area contributed by atoms with Gasteiger partial charge in [-0.25, -0.2) is 4.98 Å². The van der Waals surface area contributed by atoms with Crippen LogP contribution in [0.2, 0.25) is 5.02 Å². The normalized spacial score (nSPS) is 14.1. The van der Waals surface area contributed by atoms with E-state index < -0.39 is 24.9 Å². The number of benzene rings is 3. The van der Waals surface area contributed by atoms with Crippen LogP contribution in [0.15, 0.2) is 66.7 Å². The summed E-state index contributed by atoms with van der Waals surface area (Å²) in [4.78, 5) is 4.28. The van der Waals surface area contributed by atoms with E-state index in [0.717, 1.165) is 33.8 Å². The molecule has 0 bridgehead atoms. The van der Waals surface area contributed by atoms with E-state index in [4.69, 9.17) is 35.7 Å². The summed E-state index contributed by atoms with van der Waals surface area (Å²) in [7, 11) is 0. The Labute approximate surface area is 283 Å². The number of rotatable bonds is 15. The molecule has 0 saturated heterocycles. The summed E-state index contributed by atoms with van der Waals surface area (Å²) in [5.74, 6) is 2.31. The average molecular weight is 676 g/mol. The van der Waals surface area contributed by atoms with Crippen LogP contribution in [-0.2, 0) is 19.8 Å². The molecule has 5 N–H and O–H groups in total. The van der Waals surface area contributed by atoms with Crippen molar-refractivity contribution in [3.8, 4) is 40.2 Å². The van der Waals surface area contributed by atoms with Gasteiger partial charge >= 0.3 is 0 Å². The first-order valence-corrected chi connectivity index (χ1v) is 15.9. The highest BCUT2D eigenvalue weighted by Gasteiger charge is 2.20. The predicted octanol–water partition coefficient (Wildman–Crippen LogP) is 4.07. The van der Waals surface area contributed by atoms with Gasteiger partial charge in [-0.1, -0.05) is 41.9 Å². The van der Waals surface area contributed by atoms with Crippen LogP contribution in [0.1, 0.15) is 34.5 Å². The largest absolute Gasteiger partial charge is 0.487 e. The van der Waals surface area contributed by atoms with Crippen molar-refractivity contribution in [2.45, 2.75) is 51.4 Å². The third-order valence-electron chi connectivity index (χ3n) is 7.93. The Morgan fingerprint density at radius 2 is 1.69 bits per heavy atom. The number of hydrogen-bond acceptors (Lipinski definition) is 11. The third-order valence-corrected chi connectivity index (χ3v) is 8.23. The fourth-order valence-corrected chi connectivity index (χ4v) is 5.51. The van der Waals surface area contributed by atoms with Crippen LogP contribution >= 0.6 is 11.6 Å². The first-order chi connectivity index (χ1) is 23.2. The molecule has 4 aromatic rings. The Morgan fingerprint density at radius 3 is 2.48 bits per heavy atom. The first-order valence-electron chi connectivity index (χ1n) is 15.5. The van der Waals surface area contributed by atoms with Crippen molar-refractivity contribution in [1.82, 2.24) is 10.3 Å². The molecule has 1 aliphatic rings. The van der Waals surface area contributed by atoms with E-state index in [1.165, 1.54) is 0 Å². The number of nitriles is 1. The number of hydrogen-bond donors (Lipinski definition) is 5. The number of nitrogens with one attached hydrogen (secondary N) is 1. The van der Waals surface area contributed by atoms with Crippen LogP contribution in [0.3, 0.4) is 0 Å². The maximum Gasteiger partial charge on any atom is 0.161 e. The molecule has 0 aliphatic carbocycles. The van der Waals surface area contributed by atoms with Gasteiger partial charge in [-0.2, -0.15) is 5.26 Å². The van der Waals surface area contributed by atoms with Crippen LogP contribution in [0.5, 0.6) is 23.0 Å². The highest BCUT2D eigenvalue weighted by Crippen LogP contribution is 2.37. The maximum absolute atomic E-state index is 10.3. The van der Waals surface area contributed by atoms with Gasteiger partial charge in [0.1, 0.15) is 55.8 Å². The number of halogens is 1. The number of aliphatic hydroxyl groups is 4. The summed E-state index contributed by atoms with van der Waals surface area (Å²) in [5, 5.41) is 51.5. The lowest BCUT2D eigenvalue weighted by Gasteiger charge is -2.20. The highest BCUT2D eigenvalue weighted by molar-refractivity contribution is 6.32. The molecule has 48 heavy (non-hydrogen) atoms. The van der Waals surface area contributed by atoms with Crippen LogP contribution in [0.25, 0.3) is 11.1 Å². The molecule has 0 fully saturated rings. The Balaban J connectivity index is 1.32. The van der Waals surface area contributed by atoms with E-state index in [0.29, 0.717) is 41.0 Å². The molecule has 5 rings (SSSR count). The van der Waals surface area contributed by atoms with Crippen molar-refractivity contribution in [2.24, 2.45) is 0 Å². The van der Waals surface area contributed by atoms with Crippen molar-refractivity contribution < 1.29 is 39.4 Å². The molecule has 2 heterocycles. The van der Waals surface area contributed by atoms with Gasteiger partial charge in [-0.3, -0.25) is 0 Å². The number of aliphatic hydroxyl groups excluding tert-OH is 4. The summed E-state index contributed by atoms with van der Waals surface area (Å²) >= 11 is 6.70. The molecule has 1 aromatic heterocycles. The molecule has 11 nitrogen and oxygen atoms in total. The minimum Gasteiger partial charge on any atom is -0.487 e. The van der Waals surface area contributed by atoms with Gasteiger partial charge in [0.15, 0.2) is 11.5 Å². The zero-order valence-electron chi connectivity index (χ0n) is 26.4. The van der Waals surface area contributed by atoms with Crippen molar-refractivity contribution >= 4 is 11.6 Å². The molecule has 3 aromatic carbocycles. The molecule has 12 heteroatoms. The van der Waals surface area contributed by atoms with Crippen molar-refractivity contribution in [3.05, 3.63) is 99.8 Å². The summed E-state index contributed by atoms with van der Waals surface area (Å²) in [6.45, 7) is 3.12. The van der Waals surface area contributed by atoms with E-state index in [9.17, 15) is 20.6 Å². The van der Waals surface area contributed by atoms with Gasteiger partial charge in [0.2, 0.25) is 0 Å². The second kappa shape index (κ2) is 16.6. The zero-order chi connectivity index (χ0) is 34.0. The number of pyridine rings is 1. The average Bonchev–Trinajstić information content (AvgIpc) is 3.10. The Kier molecular flexibility index (Phi) is 12.1. The fourth-order valence-electron chi connectivity index (χ4n) is 5.27. The van der Waals surface area contributed by atoms with E-state index in [-0.39, 0.29) is 38.4 Å². The summed E-state index contributed by atoms with van der Waals surface area (Å²) in [6.07, 6.45) is -3.71. The lowest BCUT2D eigenvalue weighted by atomic mass is 9.96. The molecule has 1 aliphatic heterocycles. The molecule has 0 spiro atoms. The van der Waals surface area contributed by atoms with Crippen LogP contribution in [0, 0.1) is 18.3 Å². The van der Waals surface area contributed by atoms with E-state index in [1.54, 1.807) is 30.3 Å². The fraction of sp³-hybridized carbons (Fsp3) is 0.333. The molecular formula is C36H38ClN3O8. The van der Waals surface area contributed by atoms with Crippen LogP contribution < -0.4 is 24.3 Å². The van der Waals surface area contributed by atoms with Gasteiger partial charge in [0.25, 0.3) is 0 Å². The Hall–Kier alpha value is -4.41. The first kappa shape index (κ1) is 34.9. The van der Waals surface area contributed by atoms with Crippen molar-refractivity contribution in [1.29, 1.82) is 5.26 Å². The lowest BCUT2D eigenvalue weighted by Crippen LogP contribution is -2.36. The quantitative estimate of drug-likeness (QED) is 0.123. The molecule has 0 unspecified atom stereocenters. The number of aromatic nitrogens is 1. The van der Waals surface area contributed by atoms with Gasteiger partial charge in [-0.15, -0.1) is 0 Å². The zero-order valence-corrected chi connectivity index (χ0v) is 27.2. The molecule has 0 radical (unpaired) electrons. The minimum atomic E-state index is -1.33. The minimum absolute atomic E-state index is 0.0775. The summed E-state index contributed by atoms with van der Waals surface area (Å²) in [5.41, 5.74) is 5.55. The van der Waals surface area contributed by atoms with E-state index in [1.807, 2.05) is 49.4 Å². The van der Waals surface area contributed by atoms with Crippen molar-refractivity contribution in [3.63, 3.8) is 0 Å². The lowest BCUT2D eigenvalue weighted by molar-refractivity contribution is -0.0359. The van der Waals surface area contributed by atoms with Gasteiger partial charge in [-0.05, 0) is 59.5 Å². The van der Waals surface area contributed by atoms with Crippen LogP contribution in [0.4, 0.5) is 0 Å². The number of nitrogens with zero attached hydrogens (tertiary/aromatic N) is 2. The Bertz CT molecular complexity index is 1750. The van der Waals surface area contributed by atoms with E-state index in [2.05, 4.69) is 10.3 Å². The number of fused-ring (bicyclic) bond motifs is 1. The van der Waals surface area contributed by atoms with Crippen molar-refractivity contribution in [2.75, 3.05) is 26.4 Å². The molecule has 0 amide bonds. The smallest absolute Gasteiger partial charge is 0.161 e. The molecule has 0 saturated carbocycles. The summed E-state index contributed by atoms with van der Waals surface area (Å²) in [6, 6.07) is 22.5. The molecule has 3 atom stereocenters. The van der Waals surface area contributed by atoms with Gasteiger partial charge in [0, 0.05) is 31.1 Å². The second-order valence-electron chi connectivity index (χ2n) is 11.4.